The lowest BCUT2D eigenvalue weighted by Gasteiger charge is -2.04. The number of aliphatic hydroxyl groups is 1. The number of rotatable bonds is 3. The highest BCUT2D eigenvalue weighted by Crippen LogP contribution is 2.10. The quantitative estimate of drug-likeness (QED) is 0.593. The van der Waals surface area contributed by atoms with Crippen LogP contribution in [-0.4, -0.2) is 16.3 Å². The molecule has 0 aliphatic heterocycles. The molecule has 0 spiro atoms. The molecule has 0 aromatic heterocycles. The minimum atomic E-state index is -0.197. The highest BCUT2D eigenvalue weighted by atomic mass is 32.2. The van der Waals surface area contributed by atoms with Gasteiger partial charge in [0.2, 0.25) is 0 Å². The fourth-order valence-electron chi connectivity index (χ4n) is 0.332. The van der Waals surface area contributed by atoms with Crippen LogP contribution in [0.25, 0.3) is 0 Å². The second-order valence-corrected chi connectivity index (χ2v) is 3.68. The minimum Gasteiger partial charge on any atom is -0.383 e. The lowest BCUT2D eigenvalue weighted by atomic mass is 10.3. The molecule has 0 saturated carbocycles. The summed E-state index contributed by atoms with van der Waals surface area (Å²) in [5, 5.41) is 8.76. The van der Waals surface area contributed by atoms with E-state index in [9.17, 15) is 0 Å². The van der Waals surface area contributed by atoms with Crippen LogP contribution in [-0.2, 0) is 0 Å². The van der Waals surface area contributed by atoms with Gasteiger partial charge in [-0.05, 0) is 18.6 Å². The normalized spacial score (nSPS) is 14.6. The van der Waals surface area contributed by atoms with Crippen LogP contribution in [0.2, 0.25) is 0 Å². The van der Waals surface area contributed by atoms with E-state index in [4.69, 9.17) is 5.11 Å². The van der Waals surface area contributed by atoms with Crippen LogP contribution in [0.1, 0.15) is 20.8 Å². The van der Waals surface area contributed by atoms with Gasteiger partial charge in [-0.3, -0.25) is 0 Å². The number of thioether (sulfide) groups is 1. The molecule has 8 heavy (non-hydrogen) atoms. The summed E-state index contributed by atoms with van der Waals surface area (Å²) >= 11 is 1.59. The standard InChI is InChI=1S/C6H14OS/c1-5(2)4-8-6(3)7/h5-7H,4H2,1-3H3. The molecular formula is C6H14OS. The average molecular weight is 134 g/mol. The van der Waals surface area contributed by atoms with Crippen LogP contribution in [0.15, 0.2) is 0 Å². The first-order valence-electron chi connectivity index (χ1n) is 2.92. The minimum absolute atomic E-state index is 0.197. The zero-order valence-corrected chi connectivity index (χ0v) is 6.53. The largest absolute Gasteiger partial charge is 0.383 e. The average Bonchev–Trinajstić information content (AvgIpc) is 1.61. The predicted octanol–water partition coefficient (Wildman–Crippen LogP) is 1.71. The van der Waals surface area contributed by atoms with Crippen LogP contribution >= 0.6 is 11.8 Å². The maximum absolute atomic E-state index is 8.76. The van der Waals surface area contributed by atoms with E-state index >= 15 is 0 Å². The molecule has 50 valence electrons. The highest BCUT2D eigenvalue weighted by Gasteiger charge is 1.97. The van der Waals surface area contributed by atoms with Crippen molar-refractivity contribution in [2.45, 2.75) is 26.2 Å². The Morgan fingerprint density at radius 3 is 2.00 bits per heavy atom. The third-order valence-corrected chi connectivity index (χ3v) is 2.01. The van der Waals surface area contributed by atoms with Crippen molar-refractivity contribution in [3.05, 3.63) is 0 Å². The second-order valence-electron chi connectivity index (χ2n) is 2.33. The lowest BCUT2D eigenvalue weighted by molar-refractivity contribution is 0.283. The van der Waals surface area contributed by atoms with E-state index in [-0.39, 0.29) is 5.44 Å². The highest BCUT2D eigenvalue weighted by molar-refractivity contribution is 7.99. The Bertz CT molecular complexity index is 44.5. The maximum atomic E-state index is 8.76. The molecule has 0 rings (SSSR count). The Morgan fingerprint density at radius 1 is 1.38 bits per heavy atom. The Balaban J connectivity index is 2.93. The van der Waals surface area contributed by atoms with Gasteiger partial charge >= 0.3 is 0 Å². The van der Waals surface area contributed by atoms with Gasteiger partial charge in [-0.15, -0.1) is 11.8 Å². The first kappa shape index (κ1) is 8.31. The first-order chi connectivity index (χ1) is 3.63. The molecule has 0 aliphatic rings. The van der Waals surface area contributed by atoms with Gasteiger partial charge in [0.1, 0.15) is 0 Å². The van der Waals surface area contributed by atoms with E-state index in [1.807, 2.05) is 0 Å². The monoisotopic (exact) mass is 134 g/mol. The van der Waals surface area contributed by atoms with Crippen molar-refractivity contribution in [3.63, 3.8) is 0 Å². The summed E-state index contributed by atoms with van der Waals surface area (Å²) in [5.41, 5.74) is -0.197. The van der Waals surface area contributed by atoms with E-state index in [0.29, 0.717) is 5.92 Å². The third kappa shape index (κ3) is 6.31. The van der Waals surface area contributed by atoms with Crippen LogP contribution in [0, 0.1) is 5.92 Å². The summed E-state index contributed by atoms with van der Waals surface area (Å²) in [4.78, 5) is 0. The summed E-state index contributed by atoms with van der Waals surface area (Å²) in [6.45, 7) is 6.10. The summed E-state index contributed by atoms with van der Waals surface area (Å²) in [6, 6.07) is 0. The lowest BCUT2D eigenvalue weighted by Crippen LogP contribution is -1.98. The van der Waals surface area contributed by atoms with Crippen molar-refractivity contribution < 1.29 is 5.11 Å². The summed E-state index contributed by atoms with van der Waals surface area (Å²) in [6.07, 6.45) is 0. The number of hydrogen-bond acceptors (Lipinski definition) is 2. The van der Waals surface area contributed by atoms with Crippen molar-refractivity contribution >= 4 is 11.8 Å². The number of hydrogen-bond donors (Lipinski definition) is 1. The molecule has 1 atom stereocenters. The topological polar surface area (TPSA) is 20.2 Å². The fraction of sp³-hybridized carbons (Fsp3) is 1.00. The molecule has 0 aromatic carbocycles. The van der Waals surface area contributed by atoms with Gasteiger partial charge in [-0.25, -0.2) is 0 Å². The van der Waals surface area contributed by atoms with Gasteiger partial charge in [0, 0.05) is 0 Å². The van der Waals surface area contributed by atoms with Crippen LogP contribution in [0.5, 0.6) is 0 Å². The van der Waals surface area contributed by atoms with Gasteiger partial charge in [0.15, 0.2) is 0 Å². The molecule has 1 unspecified atom stereocenters. The van der Waals surface area contributed by atoms with Crippen LogP contribution in [0.4, 0.5) is 0 Å². The zero-order chi connectivity index (χ0) is 6.57. The Morgan fingerprint density at radius 2 is 1.88 bits per heavy atom. The SMILES string of the molecule is CC(C)CSC(C)O. The van der Waals surface area contributed by atoms with Gasteiger partial charge in [-0.1, -0.05) is 13.8 Å². The van der Waals surface area contributed by atoms with E-state index in [0.717, 1.165) is 5.75 Å². The molecular weight excluding hydrogens is 120 g/mol. The molecule has 0 heterocycles. The van der Waals surface area contributed by atoms with Gasteiger partial charge in [0.05, 0.1) is 5.44 Å². The Hall–Kier alpha value is 0.310. The summed E-state index contributed by atoms with van der Waals surface area (Å²) < 4.78 is 0. The fourth-order valence-corrected chi connectivity index (χ4v) is 0.995. The molecule has 0 aromatic rings. The van der Waals surface area contributed by atoms with Crippen LogP contribution < -0.4 is 0 Å². The smallest absolute Gasteiger partial charge is 0.0964 e. The summed E-state index contributed by atoms with van der Waals surface area (Å²) in [7, 11) is 0. The molecule has 0 saturated heterocycles. The van der Waals surface area contributed by atoms with Crippen molar-refractivity contribution in [3.8, 4) is 0 Å². The maximum Gasteiger partial charge on any atom is 0.0964 e. The van der Waals surface area contributed by atoms with Crippen molar-refractivity contribution in [1.29, 1.82) is 0 Å². The molecule has 0 amide bonds. The molecule has 1 nitrogen and oxygen atoms in total. The molecule has 0 fully saturated rings. The molecule has 0 radical (unpaired) electrons. The molecule has 2 heteroatoms. The Labute approximate surface area is 55.5 Å². The van der Waals surface area contributed by atoms with E-state index in [1.54, 1.807) is 18.7 Å². The zero-order valence-electron chi connectivity index (χ0n) is 5.72. The van der Waals surface area contributed by atoms with Gasteiger partial charge in [0.25, 0.3) is 0 Å². The van der Waals surface area contributed by atoms with Crippen molar-refractivity contribution in [1.82, 2.24) is 0 Å². The third-order valence-electron chi connectivity index (χ3n) is 0.671. The number of aliphatic hydroxyl groups excluding tert-OH is 1. The first-order valence-corrected chi connectivity index (χ1v) is 3.97. The molecule has 0 aliphatic carbocycles. The summed E-state index contributed by atoms with van der Waals surface area (Å²) in [5.74, 6) is 1.74. The van der Waals surface area contributed by atoms with E-state index in [2.05, 4.69) is 13.8 Å². The van der Waals surface area contributed by atoms with E-state index < -0.39 is 0 Å². The van der Waals surface area contributed by atoms with Crippen LogP contribution in [0.3, 0.4) is 0 Å². The van der Waals surface area contributed by atoms with Crippen molar-refractivity contribution in [2.75, 3.05) is 5.75 Å². The van der Waals surface area contributed by atoms with Gasteiger partial charge < -0.3 is 5.11 Å². The molecule has 1 N–H and O–H groups in total. The second kappa shape index (κ2) is 4.21. The predicted molar refractivity (Wildman–Crippen MR) is 39.0 cm³/mol. The van der Waals surface area contributed by atoms with Gasteiger partial charge in [-0.2, -0.15) is 0 Å². The molecule has 0 bridgehead atoms. The Kier molecular flexibility index (Phi) is 4.38. The van der Waals surface area contributed by atoms with E-state index in [1.165, 1.54) is 0 Å². The van der Waals surface area contributed by atoms with Crippen molar-refractivity contribution in [2.24, 2.45) is 5.92 Å².